The van der Waals surface area contributed by atoms with E-state index in [0.717, 1.165) is 17.7 Å². The number of amides is 1. The van der Waals surface area contributed by atoms with Crippen molar-refractivity contribution in [1.82, 2.24) is 5.32 Å². The summed E-state index contributed by atoms with van der Waals surface area (Å²) in [6.07, 6.45) is 5.19. The van der Waals surface area contributed by atoms with Gasteiger partial charge in [0.2, 0.25) is 5.91 Å². The number of carbonyl (C=O) groups is 1. The first-order valence-corrected chi connectivity index (χ1v) is 8.97. The Labute approximate surface area is 144 Å². The van der Waals surface area contributed by atoms with Gasteiger partial charge in [-0.2, -0.15) is 11.8 Å². The van der Waals surface area contributed by atoms with Gasteiger partial charge in [-0.3, -0.25) is 4.79 Å². The van der Waals surface area contributed by atoms with Crippen molar-refractivity contribution in [2.45, 2.75) is 56.4 Å². The molecule has 1 aliphatic rings. The number of halogens is 1. The number of thioether (sulfide) groups is 1. The molecular formula is C17H27ClN2OS. The van der Waals surface area contributed by atoms with Crippen LogP contribution in [0.4, 0.5) is 0 Å². The second kappa shape index (κ2) is 10.1. The summed E-state index contributed by atoms with van der Waals surface area (Å²) in [5, 5.41) is 3.78. The van der Waals surface area contributed by atoms with E-state index < -0.39 is 0 Å². The van der Waals surface area contributed by atoms with Crippen molar-refractivity contribution in [1.29, 1.82) is 0 Å². The molecule has 1 fully saturated rings. The Morgan fingerprint density at radius 1 is 1.32 bits per heavy atom. The predicted octanol–water partition coefficient (Wildman–Crippen LogP) is 3.68. The summed E-state index contributed by atoms with van der Waals surface area (Å²) in [4.78, 5) is 12.2. The highest BCUT2D eigenvalue weighted by Gasteiger charge is 2.26. The number of hydrogen-bond donors (Lipinski definition) is 2. The smallest absolute Gasteiger partial charge is 0.222 e. The number of carbonyl (C=O) groups excluding carboxylic acids is 1. The van der Waals surface area contributed by atoms with Crippen molar-refractivity contribution in [3.05, 3.63) is 35.9 Å². The predicted molar refractivity (Wildman–Crippen MR) is 97.6 cm³/mol. The third-order valence-corrected chi connectivity index (χ3v) is 5.39. The second-order valence-electron chi connectivity index (χ2n) is 5.67. The molecule has 0 aliphatic heterocycles. The first-order chi connectivity index (χ1) is 10.2. The Bertz CT molecular complexity index is 442. The molecule has 3 atom stereocenters. The first-order valence-electron chi connectivity index (χ1n) is 7.92. The van der Waals surface area contributed by atoms with Crippen molar-refractivity contribution < 1.29 is 4.79 Å². The summed E-state index contributed by atoms with van der Waals surface area (Å²) in [5.41, 5.74) is 7.15. The zero-order valence-electron chi connectivity index (χ0n) is 13.2. The van der Waals surface area contributed by atoms with E-state index in [4.69, 9.17) is 5.73 Å². The highest BCUT2D eigenvalue weighted by atomic mass is 35.5. The van der Waals surface area contributed by atoms with Gasteiger partial charge in [-0.1, -0.05) is 50.1 Å². The van der Waals surface area contributed by atoms with Crippen LogP contribution in [-0.4, -0.2) is 23.0 Å². The normalized spacial score (nSPS) is 22.5. The zero-order valence-corrected chi connectivity index (χ0v) is 14.8. The molecule has 1 aromatic rings. The van der Waals surface area contributed by atoms with Crippen LogP contribution in [-0.2, 0) is 4.79 Å². The van der Waals surface area contributed by atoms with Gasteiger partial charge in [0.25, 0.3) is 0 Å². The van der Waals surface area contributed by atoms with Gasteiger partial charge in [0, 0.05) is 23.8 Å². The molecule has 5 heteroatoms. The largest absolute Gasteiger partial charge is 0.352 e. The molecule has 1 aliphatic carbocycles. The van der Waals surface area contributed by atoms with E-state index in [2.05, 4.69) is 12.2 Å². The lowest BCUT2D eigenvalue weighted by Gasteiger charge is -2.32. The minimum absolute atomic E-state index is 0. The van der Waals surface area contributed by atoms with Gasteiger partial charge in [0.05, 0.1) is 0 Å². The molecule has 0 saturated heterocycles. The fourth-order valence-electron chi connectivity index (χ4n) is 2.96. The summed E-state index contributed by atoms with van der Waals surface area (Å²) in [7, 11) is 0. The maximum Gasteiger partial charge on any atom is 0.222 e. The molecule has 1 aromatic carbocycles. The topological polar surface area (TPSA) is 55.1 Å². The molecule has 1 saturated carbocycles. The fourth-order valence-corrected chi connectivity index (χ4v) is 4.16. The van der Waals surface area contributed by atoms with E-state index in [9.17, 15) is 4.79 Å². The van der Waals surface area contributed by atoms with Crippen molar-refractivity contribution in [3.8, 4) is 0 Å². The average molecular weight is 343 g/mol. The summed E-state index contributed by atoms with van der Waals surface area (Å²) in [6.45, 7) is 2.18. The van der Waals surface area contributed by atoms with E-state index in [-0.39, 0.29) is 24.4 Å². The number of rotatable bonds is 6. The Balaban J connectivity index is 0.00000242. The number of hydrogen-bond acceptors (Lipinski definition) is 3. The molecule has 22 heavy (non-hydrogen) atoms. The van der Waals surface area contributed by atoms with Gasteiger partial charge in [-0.05, 0) is 24.2 Å². The van der Waals surface area contributed by atoms with Gasteiger partial charge in [0.1, 0.15) is 0 Å². The fraction of sp³-hybridized carbons (Fsp3) is 0.588. The van der Waals surface area contributed by atoms with Crippen LogP contribution < -0.4 is 11.1 Å². The summed E-state index contributed by atoms with van der Waals surface area (Å²) in [6, 6.07) is 9.95. The van der Waals surface area contributed by atoms with Gasteiger partial charge in [0.15, 0.2) is 0 Å². The molecule has 0 heterocycles. The van der Waals surface area contributed by atoms with Gasteiger partial charge < -0.3 is 11.1 Å². The quantitative estimate of drug-likeness (QED) is 0.829. The Kier molecular flexibility index (Phi) is 8.91. The molecule has 0 spiro atoms. The minimum atomic E-state index is -0.216. The highest BCUT2D eigenvalue weighted by Crippen LogP contribution is 2.28. The minimum Gasteiger partial charge on any atom is -0.352 e. The SMILES string of the molecule is CCSC1CCCCC1NC(=O)CC(N)c1ccccc1.Cl. The molecule has 3 N–H and O–H groups in total. The van der Waals surface area contributed by atoms with Crippen LogP contribution in [0.15, 0.2) is 30.3 Å². The van der Waals surface area contributed by atoms with Gasteiger partial charge in [-0.25, -0.2) is 0 Å². The lowest BCUT2D eigenvalue weighted by atomic mass is 9.94. The third kappa shape index (κ3) is 5.82. The van der Waals surface area contributed by atoms with Crippen LogP contribution >= 0.6 is 24.2 Å². The molecule has 1 amide bonds. The maximum absolute atomic E-state index is 12.2. The Morgan fingerprint density at radius 3 is 2.68 bits per heavy atom. The number of nitrogens with two attached hydrogens (primary N) is 1. The molecule has 3 unspecified atom stereocenters. The second-order valence-corrected chi connectivity index (χ2v) is 7.19. The van der Waals surface area contributed by atoms with Crippen molar-refractivity contribution in [2.75, 3.05) is 5.75 Å². The van der Waals surface area contributed by atoms with E-state index in [1.54, 1.807) is 0 Å². The maximum atomic E-state index is 12.2. The van der Waals surface area contributed by atoms with Crippen LogP contribution in [0.1, 0.15) is 50.6 Å². The average Bonchev–Trinajstić information content (AvgIpc) is 2.50. The highest BCUT2D eigenvalue weighted by molar-refractivity contribution is 7.99. The molecule has 124 valence electrons. The summed E-state index contributed by atoms with van der Waals surface area (Å²) < 4.78 is 0. The summed E-state index contributed by atoms with van der Waals surface area (Å²) >= 11 is 1.97. The van der Waals surface area contributed by atoms with E-state index in [0.29, 0.717) is 17.7 Å². The monoisotopic (exact) mass is 342 g/mol. The number of benzene rings is 1. The standard InChI is InChI=1S/C17H26N2OS.ClH/c1-2-21-16-11-7-6-10-15(16)19-17(20)12-14(18)13-8-4-3-5-9-13;/h3-5,8-9,14-16H,2,6-7,10-12,18H2,1H3,(H,19,20);1H. The molecule has 0 radical (unpaired) electrons. The van der Waals surface area contributed by atoms with E-state index in [1.165, 1.54) is 19.3 Å². The Hall–Kier alpha value is -0.710. The van der Waals surface area contributed by atoms with Crippen molar-refractivity contribution in [2.24, 2.45) is 5.73 Å². The van der Waals surface area contributed by atoms with Crippen LogP contribution in [0.3, 0.4) is 0 Å². The lowest BCUT2D eigenvalue weighted by molar-refractivity contribution is -0.122. The van der Waals surface area contributed by atoms with E-state index >= 15 is 0 Å². The number of nitrogens with one attached hydrogen (secondary N) is 1. The third-order valence-electron chi connectivity index (χ3n) is 4.06. The first kappa shape index (κ1) is 19.3. The Morgan fingerprint density at radius 2 is 2.00 bits per heavy atom. The molecule has 0 bridgehead atoms. The molecule has 2 rings (SSSR count). The zero-order chi connectivity index (χ0) is 15.1. The molecule has 3 nitrogen and oxygen atoms in total. The van der Waals surface area contributed by atoms with Crippen molar-refractivity contribution >= 4 is 30.1 Å². The van der Waals surface area contributed by atoms with Crippen molar-refractivity contribution in [3.63, 3.8) is 0 Å². The molecule has 0 aromatic heterocycles. The van der Waals surface area contributed by atoms with Crippen LogP contribution in [0, 0.1) is 0 Å². The summed E-state index contributed by atoms with van der Waals surface area (Å²) in [5.74, 6) is 1.19. The van der Waals surface area contributed by atoms with Gasteiger partial charge >= 0.3 is 0 Å². The molecular weight excluding hydrogens is 316 g/mol. The van der Waals surface area contributed by atoms with E-state index in [1.807, 2.05) is 42.1 Å². The van der Waals surface area contributed by atoms with Crippen LogP contribution in [0.2, 0.25) is 0 Å². The lowest BCUT2D eigenvalue weighted by Crippen LogP contribution is -2.44. The van der Waals surface area contributed by atoms with Crippen LogP contribution in [0.25, 0.3) is 0 Å². The van der Waals surface area contributed by atoms with Gasteiger partial charge in [-0.15, -0.1) is 12.4 Å². The van der Waals surface area contributed by atoms with Crippen LogP contribution in [0.5, 0.6) is 0 Å².